The van der Waals surface area contributed by atoms with E-state index in [9.17, 15) is 0 Å². The Labute approximate surface area is 111 Å². The molecule has 18 heavy (non-hydrogen) atoms. The van der Waals surface area contributed by atoms with Crippen molar-refractivity contribution in [2.24, 2.45) is 0 Å². The molecule has 0 aliphatic rings. The molecule has 2 heteroatoms. The van der Waals surface area contributed by atoms with Crippen molar-refractivity contribution in [3.05, 3.63) is 42.0 Å². The summed E-state index contributed by atoms with van der Waals surface area (Å²) in [6.07, 6.45) is 2.02. The highest BCUT2D eigenvalue weighted by Crippen LogP contribution is 2.27. The second-order valence-electron chi connectivity index (χ2n) is 4.45. The van der Waals surface area contributed by atoms with Crippen LogP contribution in [0.5, 0.6) is 5.75 Å². The molecule has 1 N–H and O–H groups in total. The molecule has 0 aliphatic heterocycles. The number of para-hydroxylation sites is 1. The minimum absolute atomic E-state index is 0.362. The van der Waals surface area contributed by atoms with Crippen molar-refractivity contribution >= 4 is 0 Å². The summed E-state index contributed by atoms with van der Waals surface area (Å²) in [6, 6.07) is 8.63. The fraction of sp³-hybridized carbons (Fsp3) is 0.500. The van der Waals surface area contributed by atoms with Crippen molar-refractivity contribution in [2.75, 3.05) is 13.2 Å². The average Bonchev–Trinajstić information content (AvgIpc) is 2.42. The van der Waals surface area contributed by atoms with Crippen LogP contribution in [0, 0.1) is 0 Å². The maximum Gasteiger partial charge on any atom is 0.124 e. The lowest BCUT2D eigenvalue weighted by atomic mass is 10.0. The highest BCUT2D eigenvalue weighted by atomic mass is 16.5. The number of nitrogens with one attached hydrogen (secondary N) is 1. The third-order valence-corrected chi connectivity index (χ3v) is 3.08. The van der Waals surface area contributed by atoms with Crippen molar-refractivity contribution < 1.29 is 4.74 Å². The Hall–Kier alpha value is -1.28. The minimum atomic E-state index is 0.362. The molecule has 1 atom stereocenters. The average molecular weight is 247 g/mol. The van der Waals surface area contributed by atoms with Crippen LogP contribution in [0.4, 0.5) is 0 Å². The van der Waals surface area contributed by atoms with Crippen LogP contribution in [-0.4, -0.2) is 13.2 Å². The molecule has 0 spiro atoms. The Morgan fingerprint density at radius 2 is 2.00 bits per heavy atom. The predicted molar refractivity (Wildman–Crippen MR) is 78.1 cm³/mol. The zero-order valence-electron chi connectivity index (χ0n) is 11.8. The van der Waals surface area contributed by atoms with Crippen LogP contribution in [0.25, 0.3) is 0 Å². The van der Waals surface area contributed by atoms with Gasteiger partial charge in [0.25, 0.3) is 0 Å². The first kappa shape index (κ1) is 14.8. The van der Waals surface area contributed by atoms with E-state index in [4.69, 9.17) is 4.74 Å². The molecule has 0 aliphatic carbocycles. The van der Waals surface area contributed by atoms with E-state index in [1.165, 1.54) is 5.56 Å². The Morgan fingerprint density at radius 1 is 1.28 bits per heavy atom. The third-order valence-electron chi connectivity index (χ3n) is 3.08. The largest absolute Gasteiger partial charge is 0.489 e. The van der Waals surface area contributed by atoms with Gasteiger partial charge >= 0.3 is 0 Å². The molecule has 0 fully saturated rings. The lowest BCUT2D eigenvalue weighted by Crippen LogP contribution is -2.21. The van der Waals surface area contributed by atoms with Crippen LogP contribution in [-0.2, 0) is 0 Å². The molecule has 0 radical (unpaired) electrons. The summed E-state index contributed by atoms with van der Waals surface area (Å²) >= 11 is 0. The molecule has 0 saturated carbocycles. The van der Waals surface area contributed by atoms with Crippen LogP contribution >= 0.6 is 0 Å². The second kappa shape index (κ2) is 7.93. The number of hydrogen-bond acceptors (Lipinski definition) is 2. The van der Waals surface area contributed by atoms with Crippen molar-refractivity contribution in [3.63, 3.8) is 0 Å². The van der Waals surface area contributed by atoms with Gasteiger partial charge in [-0.1, -0.05) is 45.5 Å². The van der Waals surface area contributed by atoms with E-state index in [1.807, 2.05) is 12.1 Å². The van der Waals surface area contributed by atoms with Gasteiger partial charge in [-0.05, 0) is 31.0 Å². The maximum absolute atomic E-state index is 5.88. The second-order valence-corrected chi connectivity index (χ2v) is 4.45. The lowest BCUT2D eigenvalue weighted by Gasteiger charge is -2.20. The summed E-state index contributed by atoms with van der Waals surface area (Å²) in [7, 11) is 0. The van der Waals surface area contributed by atoms with E-state index >= 15 is 0 Å². The van der Waals surface area contributed by atoms with E-state index in [0.717, 1.165) is 30.7 Å². The van der Waals surface area contributed by atoms with Crippen LogP contribution in [0.1, 0.15) is 45.2 Å². The molecule has 1 aromatic rings. The summed E-state index contributed by atoms with van der Waals surface area (Å²) < 4.78 is 5.88. The van der Waals surface area contributed by atoms with Crippen molar-refractivity contribution in [1.82, 2.24) is 5.32 Å². The number of rotatable bonds is 8. The molecular formula is C16H25NO. The van der Waals surface area contributed by atoms with Gasteiger partial charge in [0.05, 0.1) is 0 Å². The standard InChI is InChI=1S/C16H25NO/c1-5-13(4)12-18-16-11-9-8-10-14(16)15(6-2)17-7-3/h8-11,15,17H,4-7,12H2,1-3H3. The van der Waals surface area contributed by atoms with Gasteiger partial charge in [0, 0.05) is 11.6 Å². The van der Waals surface area contributed by atoms with E-state index in [0.29, 0.717) is 12.6 Å². The van der Waals surface area contributed by atoms with Crippen LogP contribution < -0.4 is 10.1 Å². The molecule has 0 aromatic heterocycles. The molecule has 1 unspecified atom stereocenters. The number of hydrogen-bond donors (Lipinski definition) is 1. The summed E-state index contributed by atoms with van der Waals surface area (Å²) in [5.41, 5.74) is 2.37. The van der Waals surface area contributed by atoms with E-state index in [1.54, 1.807) is 0 Å². The zero-order chi connectivity index (χ0) is 13.4. The minimum Gasteiger partial charge on any atom is -0.489 e. The smallest absolute Gasteiger partial charge is 0.124 e. The van der Waals surface area contributed by atoms with Crippen LogP contribution in [0.15, 0.2) is 36.4 Å². The molecule has 1 aromatic carbocycles. The van der Waals surface area contributed by atoms with Crippen molar-refractivity contribution in [3.8, 4) is 5.75 Å². The van der Waals surface area contributed by atoms with Gasteiger partial charge in [-0.25, -0.2) is 0 Å². The van der Waals surface area contributed by atoms with Gasteiger partial charge in [0.2, 0.25) is 0 Å². The first-order valence-electron chi connectivity index (χ1n) is 6.84. The van der Waals surface area contributed by atoms with E-state index < -0.39 is 0 Å². The summed E-state index contributed by atoms with van der Waals surface area (Å²) in [6.45, 7) is 12.0. The summed E-state index contributed by atoms with van der Waals surface area (Å²) in [5, 5.41) is 3.49. The maximum atomic E-state index is 5.88. The fourth-order valence-corrected chi connectivity index (χ4v) is 1.90. The topological polar surface area (TPSA) is 21.3 Å². The summed E-state index contributed by atoms with van der Waals surface area (Å²) in [4.78, 5) is 0. The molecule has 0 amide bonds. The first-order valence-corrected chi connectivity index (χ1v) is 6.84. The molecule has 2 nitrogen and oxygen atoms in total. The van der Waals surface area contributed by atoms with Crippen LogP contribution in [0.2, 0.25) is 0 Å². The Balaban J connectivity index is 2.80. The fourth-order valence-electron chi connectivity index (χ4n) is 1.90. The van der Waals surface area contributed by atoms with Gasteiger partial charge in [-0.15, -0.1) is 0 Å². The van der Waals surface area contributed by atoms with Gasteiger partial charge in [0.1, 0.15) is 12.4 Å². The van der Waals surface area contributed by atoms with Gasteiger partial charge < -0.3 is 10.1 Å². The quantitative estimate of drug-likeness (QED) is 0.699. The molecule has 0 bridgehead atoms. The molecular weight excluding hydrogens is 222 g/mol. The zero-order valence-corrected chi connectivity index (χ0v) is 11.8. The van der Waals surface area contributed by atoms with Crippen LogP contribution in [0.3, 0.4) is 0 Å². The highest BCUT2D eigenvalue weighted by Gasteiger charge is 2.12. The third kappa shape index (κ3) is 4.19. The van der Waals surface area contributed by atoms with Gasteiger partial charge in [-0.3, -0.25) is 0 Å². The normalized spacial score (nSPS) is 12.2. The number of benzene rings is 1. The Kier molecular flexibility index (Phi) is 6.51. The monoisotopic (exact) mass is 247 g/mol. The summed E-state index contributed by atoms with van der Waals surface area (Å²) in [5.74, 6) is 0.972. The Bertz CT molecular complexity index is 373. The van der Waals surface area contributed by atoms with Crippen molar-refractivity contribution in [1.29, 1.82) is 0 Å². The highest BCUT2D eigenvalue weighted by molar-refractivity contribution is 5.36. The van der Waals surface area contributed by atoms with Gasteiger partial charge in [-0.2, -0.15) is 0 Å². The molecule has 100 valence electrons. The molecule has 0 heterocycles. The first-order chi connectivity index (χ1) is 8.72. The number of ether oxygens (including phenoxy) is 1. The SMILES string of the molecule is C=C(CC)COc1ccccc1C(CC)NCC. The van der Waals surface area contributed by atoms with E-state index in [-0.39, 0.29) is 0 Å². The Morgan fingerprint density at radius 3 is 2.61 bits per heavy atom. The van der Waals surface area contributed by atoms with Crippen molar-refractivity contribution in [2.45, 2.75) is 39.7 Å². The molecule has 0 saturated heterocycles. The molecule has 1 rings (SSSR count). The van der Waals surface area contributed by atoms with Gasteiger partial charge in [0.15, 0.2) is 0 Å². The predicted octanol–water partition coefficient (Wildman–Crippen LogP) is 4.09. The van der Waals surface area contributed by atoms with E-state index in [2.05, 4.69) is 44.8 Å². The lowest BCUT2D eigenvalue weighted by molar-refractivity contribution is 0.339.